The Morgan fingerprint density at radius 2 is 2.56 bits per heavy atom. The zero-order chi connectivity index (χ0) is 7.11. The predicted octanol–water partition coefficient (Wildman–Crippen LogP) is -0.113. The molecule has 53 valence electrons. The number of alkyl carbamates (subject to hydrolysis) is 1. The minimum atomic E-state index is -0.536. The third-order valence-electron chi connectivity index (χ3n) is 0.606. The summed E-state index contributed by atoms with van der Waals surface area (Å²) in [7, 11) is 0. The summed E-state index contributed by atoms with van der Waals surface area (Å²) in [6.07, 6.45) is -0.536. The van der Waals surface area contributed by atoms with Crippen LogP contribution >= 0.6 is 0 Å². The number of carbonyl (C=O) groups is 1. The maximum Gasteiger partial charge on any atom is 0.407 e. The lowest BCUT2D eigenvalue weighted by molar-refractivity contribution is 0.169. The fraction of sp³-hybridized carbons (Fsp3) is 0.600. The number of rotatable bonds is 3. The van der Waals surface area contributed by atoms with Crippen molar-refractivity contribution in [3.8, 4) is 0 Å². The predicted molar refractivity (Wildman–Crippen MR) is 31.5 cm³/mol. The van der Waals surface area contributed by atoms with Crippen molar-refractivity contribution in [3.63, 3.8) is 0 Å². The van der Waals surface area contributed by atoms with E-state index < -0.39 is 6.09 Å². The maximum absolute atomic E-state index is 10.3. The first-order valence-corrected chi connectivity index (χ1v) is 2.64. The van der Waals surface area contributed by atoms with Crippen LogP contribution in [0.5, 0.6) is 0 Å². The fourth-order valence-electron chi connectivity index (χ4n) is 0.307. The molecular weight excluding hydrogens is 122 g/mol. The van der Waals surface area contributed by atoms with Gasteiger partial charge in [0.15, 0.2) is 0 Å². The summed E-state index contributed by atoms with van der Waals surface area (Å²) in [5.41, 5.74) is 0. The third kappa shape index (κ3) is 5.10. The topological polar surface area (TPSA) is 58.6 Å². The second kappa shape index (κ2) is 5.37. The van der Waals surface area contributed by atoms with Crippen molar-refractivity contribution in [2.75, 3.05) is 13.2 Å². The number of hydrogen-bond donors (Lipinski definition) is 2. The fourth-order valence-corrected chi connectivity index (χ4v) is 0.307. The average Bonchev–Trinajstić information content (AvgIpc) is 1.85. The van der Waals surface area contributed by atoms with E-state index in [0.717, 1.165) is 0 Å². The van der Waals surface area contributed by atoms with E-state index >= 15 is 0 Å². The molecule has 0 atom stereocenters. The first kappa shape index (κ1) is 8.23. The van der Waals surface area contributed by atoms with Crippen LogP contribution in [-0.4, -0.2) is 24.4 Å². The first-order chi connectivity index (χ1) is 4.31. The third-order valence-corrected chi connectivity index (χ3v) is 0.606. The molecule has 9 heavy (non-hydrogen) atoms. The van der Waals surface area contributed by atoms with Crippen LogP contribution in [0.2, 0.25) is 0 Å². The highest BCUT2D eigenvalue weighted by molar-refractivity contribution is 5.67. The molecule has 4 heteroatoms. The van der Waals surface area contributed by atoms with Gasteiger partial charge in [-0.2, -0.15) is 0 Å². The van der Waals surface area contributed by atoms with Gasteiger partial charge in [0.1, 0.15) is 6.61 Å². The van der Waals surface area contributed by atoms with Crippen molar-refractivity contribution >= 4 is 6.09 Å². The van der Waals surface area contributed by atoms with Crippen LogP contribution in [0.1, 0.15) is 6.92 Å². The summed E-state index contributed by atoms with van der Waals surface area (Å²) in [6.45, 7) is 3.02. The van der Waals surface area contributed by atoms with Crippen molar-refractivity contribution in [1.82, 2.24) is 5.32 Å². The van der Waals surface area contributed by atoms with E-state index in [4.69, 9.17) is 5.11 Å². The average molecular weight is 132 g/mol. The van der Waals surface area contributed by atoms with Gasteiger partial charge in [0.2, 0.25) is 0 Å². The van der Waals surface area contributed by atoms with Gasteiger partial charge in [-0.05, 0) is 6.92 Å². The summed E-state index contributed by atoms with van der Waals surface area (Å²) in [4.78, 5) is 10.3. The molecule has 4 nitrogen and oxygen atoms in total. The van der Waals surface area contributed by atoms with Crippen molar-refractivity contribution in [3.05, 3.63) is 6.61 Å². The highest BCUT2D eigenvalue weighted by Crippen LogP contribution is 1.78. The highest BCUT2D eigenvalue weighted by Gasteiger charge is 1.95. The summed E-state index contributed by atoms with van der Waals surface area (Å²) in [5.74, 6) is 0. The molecule has 0 heterocycles. The minimum absolute atomic E-state index is 0.0706. The maximum atomic E-state index is 10.3. The lowest BCUT2D eigenvalue weighted by Crippen LogP contribution is -2.26. The van der Waals surface area contributed by atoms with Gasteiger partial charge in [-0.3, -0.25) is 0 Å². The van der Waals surface area contributed by atoms with Gasteiger partial charge < -0.3 is 15.2 Å². The number of aliphatic hydroxyl groups is 1. The molecule has 0 unspecified atom stereocenters. The summed E-state index contributed by atoms with van der Waals surface area (Å²) >= 11 is 0. The molecule has 0 bridgehead atoms. The highest BCUT2D eigenvalue weighted by atomic mass is 16.5. The van der Waals surface area contributed by atoms with Gasteiger partial charge in [0.05, 0.1) is 6.61 Å². The number of amides is 1. The van der Waals surface area contributed by atoms with Gasteiger partial charge in [-0.25, -0.2) is 4.79 Å². The number of carbonyl (C=O) groups excluding carboxylic acids is 1. The Hall–Kier alpha value is -0.770. The molecule has 0 rings (SSSR count). The lowest BCUT2D eigenvalue weighted by atomic mass is 10.7. The van der Waals surface area contributed by atoms with E-state index in [1.807, 2.05) is 0 Å². The molecule has 0 aromatic heterocycles. The SMILES string of the molecule is C[CH]OC(=O)NCCO. The van der Waals surface area contributed by atoms with E-state index in [2.05, 4.69) is 10.1 Å². The molecule has 0 saturated carbocycles. The second-order valence-electron chi connectivity index (χ2n) is 1.29. The lowest BCUT2D eigenvalue weighted by Gasteiger charge is -2.00. The van der Waals surface area contributed by atoms with Gasteiger partial charge in [-0.1, -0.05) is 0 Å². The van der Waals surface area contributed by atoms with Crippen LogP contribution < -0.4 is 5.32 Å². The molecule has 0 aliphatic rings. The van der Waals surface area contributed by atoms with Crippen molar-refractivity contribution < 1.29 is 14.6 Å². The number of nitrogens with one attached hydrogen (secondary N) is 1. The van der Waals surface area contributed by atoms with E-state index in [-0.39, 0.29) is 13.2 Å². The zero-order valence-electron chi connectivity index (χ0n) is 5.26. The zero-order valence-corrected chi connectivity index (χ0v) is 5.26. The van der Waals surface area contributed by atoms with Crippen LogP contribution in [0.15, 0.2) is 0 Å². The monoisotopic (exact) mass is 132 g/mol. The van der Waals surface area contributed by atoms with Crippen molar-refractivity contribution in [2.24, 2.45) is 0 Å². The molecular formula is C5H10NO3. The Kier molecular flexibility index (Phi) is 4.91. The number of hydrogen-bond acceptors (Lipinski definition) is 3. The van der Waals surface area contributed by atoms with Crippen LogP contribution in [0.3, 0.4) is 0 Å². The Labute approximate surface area is 53.8 Å². The molecule has 0 aliphatic heterocycles. The molecule has 0 aliphatic carbocycles. The second-order valence-corrected chi connectivity index (χ2v) is 1.29. The largest absolute Gasteiger partial charge is 0.443 e. The molecule has 1 amide bonds. The summed E-state index contributed by atoms with van der Waals surface area (Å²) in [5, 5.41) is 10.5. The Bertz CT molecular complexity index is 84.3. The Balaban J connectivity index is 3.06. The van der Waals surface area contributed by atoms with Gasteiger partial charge >= 0.3 is 6.09 Å². The van der Waals surface area contributed by atoms with E-state index in [0.29, 0.717) is 0 Å². The summed E-state index contributed by atoms with van der Waals surface area (Å²) in [6, 6.07) is 0. The van der Waals surface area contributed by atoms with Crippen molar-refractivity contribution in [1.29, 1.82) is 0 Å². The molecule has 0 spiro atoms. The number of ether oxygens (including phenoxy) is 1. The van der Waals surface area contributed by atoms with Crippen molar-refractivity contribution in [2.45, 2.75) is 6.92 Å². The molecule has 1 radical (unpaired) electrons. The molecule has 0 saturated heterocycles. The van der Waals surface area contributed by atoms with Gasteiger partial charge in [0.25, 0.3) is 0 Å². The Morgan fingerprint density at radius 1 is 1.89 bits per heavy atom. The van der Waals surface area contributed by atoms with Crippen LogP contribution in [0.25, 0.3) is 0 Å². The standard InChI is InChI=1S/C5H10NO3/c1-2-9-5(8)6-3-4-7/h2,7H,3-4H2,1H3,(H,6,8). The van der Waals surface area contributed by atoms with Gasteiger partial charge in [-0.15, -0.1) is 0 Å². The molecule has 0 fully saturated rings. The number of aliphatic hydroxyl groups excluding tert-OH is 1. The van der Waals surface area contributed by atoms with E-state index in [1.54, 1.807) is 6.92 Å². The molecule has 0 aromatic rings. The van der Waals surface area contributed by atoms with E-state index in [9.17, 15) is 4.79 Å². The minimum Gasteiger partial charge on any atom is -0.443 e. The van der Waals surface area contributed by atoms with E-state index in [1.165, 1.54) is 6.61 Å². The molecule has 0 aromatic carbocycles. The smallest absolute Gasteiger partial charge is 0.407 e. The summed E-state index contributed by atoms with van der Waals surface area (Å²) < 4.78 is 4.36. The quantitative estimate of drug-likeness (QED) is 0.563. The first-order valence-electron chi connectivity index (χ1n) is 2.64. The van der Waals surface area contributed by atoms with Gasteiger partial charge in [0, 0.05) is 6.54 Å². The van der Waals surface area contributed by atoms with Crippen LogP contribution in [0, 0.1) is 6.61 Å². The Morgan fingerprint density at radius 3 is 3.00 bits per heavy atom. The van der Waals surface area contributed by atoms with Crippen LogP contribution in [0.4, 0.5) is 4.79 Å². The normalized spacial score (nSPS) is 8.67. The molecule has 2 N–H and O–H groups in total. The van der Waals surface area contributed by atoms with Crippen LogP contribution in [-0.2, 0) is 4.74 Å².